The third-order valence-corrected chi connectivity index (χ3v) is 5.91. The molecule has 0 saturated carbocycles. The number of hydrogen-bond acceptors (Lipinski definition) is 4. The zero-order valence-corrected chi connectivity index (χ0v) is 15.4. The predicted octanol–water partition coefficient (Wildman–Crippen LogP) is 4.94. The van der Waals surface area contributed by atoms with Crippen molar-refractivity contribution in [3.8, 4) is 0 Å². The third-order valence-electron chi connectivity index (χ3n) is 3.97. The van der Waals surface area contributed by atoms with Crippen LogP contribution in [0, 0.1) is 5.82 Å². The summed E-state index contributed by atoms with van der Waals surface area (Å²) in [6, 6.07) is 18.2. The van der Waals surface area contributed by atoms with E-state index in [1.54, 1.807) is 10.6 Å². The fraction of sp³-hybridized carbons (Fsp3) is 0.100. The van der Waals surface area contributed by atoms with E-state index in [2.05, 4.69) is 4.98 Å². The van der Waals surface area contributed by atoms with E-state index in [4.69, 9.17) is 0 Å². The van der Waals surface area contributed by atoms with Crippen molar-refractivity contribution in [3.63, 3.8) is 0 Å². The van der Waals surface area contributed by atoms with E-state index >= 15 is 0 Å². The van der Waals surface area contributed by atoms with Crippen LogP contribution in [0.15, 0.2) is 76.0 Å². The van der Waals surface area contributed by atoms with Crippen LogP contribution in [0.1, 0.15) is 11.1 Å². The maximum atomic E-state index is 13.4. The lowest BCUT2D eigenvalue weighted by molar-refractivity contribution is 0.626. The van der Waals surface area contributed by atoms with E-state index < -0.39 is 0 Å². The van der Waals surface area contributed by atoms with Gasteiger partial charge in [0.15, 0.2) is 5.16 Å². The highest BCUT2D eigenvalue weighted by atomic mass is 32.2. The normalized spacial score (nSPS) is 11.1. The number of nitrogens with zero attached hydrogens (tertiary/aromatic N) is 2. The highest BCUT2D eigenvalue weighted by Crippen LogP contribution is 2.24. The van der Waals surface area contributed by atoms with Gasteiger partial charge in [-0.1, -0.05) is 54.2 Å². The molecule has 26 heavy (non-hydrogen) atoms. The van der Waals surface area contributed by atoms with Gasteiger partial charge in [-0.2, -0.15) is 0 Å². The molecular formula is C20H15FN2OS2. The quantitative estimate of drug-likeness (QED) is 0.362. The van der Waals surface area contributed by atoms with Crippen LogP contribution in [-0.4, -0.2) is 9.55 Å². The molecule has 0 bridgehead atoms. The number of rotatable bonds is 5. The average Bonchev–Trinajstić information content (AvgIpc) is 3.12. The number of hydrogen-bond donors (Lipinski definition) is 0. The second kappa shape index (κ2) is 7.43. The molecular weight excluding hydrogens is 367 g/mol. The standard InChI is InChI=1S/C20H15FN2OS2/c21-16-8-4-7-15(11-16)13-26-20-22-17-9-10-25-18(17)19(24)23(20)12-14-5-2-1-3-6-14/h1-11H,12-13H2. The topological polar surface area (TPSA) is 34.9 Å². The molecule has 0 radical (unpaired) electrons. The molecule has 6 heteroatoms. The molecule has 4 aromatic rings. The summed E-state index contributed by atoms with van der Waals surface area (Å²) < 4.78 is 15.8. The highest BCUT2D eigenvalue weighted by molar-refractivity contribution is 7.98. The maximum Gasteiger partial charge on any atom is 0.272 e. The summed E-state index contributed by atoms with van der Waals surface area (Å²) in [4.78, 5) is 17.6. The van der Waals surface area contributed by atoms with Gasteiger partial charge in [0.1, 0.15) is 10.5 Å². The number of benzene rings is 2. The number of fused-ring (bicyclic) bond motifs is 1. The zero-order valence-electron chi connectivity index (χ0n) is 13.8. The van der Waals surface area contributed by atoms with E-state index in [9.17, 15) is 9.18 Å². The minimum Gasteiger partial charge on any atom is -0.282 e. The lowest BCUT2D eigenvalue weighted by atomic mass is 10.2. The molecule has 0 N–H and O–H groups in total. The Morgan fingerprint density at radius 1 is 1.04 bits per heavy atom. The Morgan fingerprint density at radius 2 is 1.85 bits per heavy atom. The minimum absolute atomic E-state index is 0.0319. The van der Waals surface area contributed by atoms with Crippen molar-refractivity contribution in [1.29, 1.82) is 0 Å². The van der Waals surface area contributed by atoms with Crippen LogP contribution in [0.25, 0.3) is 10.2 Å². The molecule has 0 aliphatic carbocycles. The van der Waals surface area contributed by atoms with Gasteiger partial charge in [0, 0.05) is 5.75 Å². The summed E-state index contributed by atoms with van der Waals surface area (Å²) >= 11 is 2.86. The molecule has 0 amide bonds. The molecule has 0 saturated heterocycles. The monoisotopic (exact) mass is 382 g/mol. The molecule has 0 aliphatic heterocycles. The van der Waals surface area contributed by atoms with Crippen LogP contribution in [-0.2, 0) is 12.3 Å². The van der Waals surface area contributed by atoms with Crippen LogP contribution in [0.4, 0.5) is 4.39 Å². The van der Waals surface area contributed by atoms with E-state index in [1.165, 1.54) is 35.2 Å². The fourth-order valence-corrected chi connectivity index (χ4v) is 4.43. The van der Waals surface area contributed by atoms with E-state index in [-0.39, 0.29) is 11.4 Å². The van der Waals surface area contributed by atoms with E-state index in [0.717, 1.165) is 11.1 Å². The molecule has 0 fully saturated rings. The Labute approximate surface area is 158 Å². The Hall–Kier alpha value is -2.44. The van der Waals surface area contributed by atoms with E-state index in [0.29, 0.717) is 27.7 Å². The SMILES string of the molecule is O=c1c2sccc2nc(SCc2cccc(F)c2)n1Cc1ccccc1. The number of thioether (sulfide) groups is 1. The van der Waals surface area contributed by atoms with Crippen molar-refractivity contribution >= 4 is 33.3 Å². The molecule has 2 aromatic heterocycles. The van der Waals surface area contributed by atoms with Crippen molar-refractivity contribution in [3.05, 3.63) is 93.3 Å². The lowest BCUT2D eigenvalue weighted by Crippen LogP contribution is -2.23. The molecule has 0 spiro atoms. The van der Waals surface area contributed by atoms with Crippen LogP contribution in [0.5, 0.6) is 0 Å². The molecule has 2 aromatic carbocycles. The van der Waals surface area contributed by atoms with Gasteiger partial charge in [0.05, 0.1) is 12.1 Å². The summed E-state index contributed by atoms with van der Waals surface area (Å²) in [5.74, 6) is 0.292. The Bertz CT molecular complexity index is 1110. The smallest absolute Gasteiger partial charge is 0.272 e. The van der Waals surface area contributed by atoms with Crippen molar-refractivity contribution in [2.75, 3.05) is 0 Å². The van der Waals surface area contributed by atoms with Gasteiger partial charge in [-0.25, -0.2) is 9.37 Å². The maximum absolute atomic E-state index is 13.4. The van der Waals surface area contributed by atoms with Gasteiger partial charge in [-0.3, -0.25) is 9.36 Å². The third kappa shape index (κ3) is 3.57. The molecule has 4 rings (SSSR count). The zero-order chi connectivity index (χ0) is 17.9. The summed E-state index contributed by atoms with van der Waals surface area (Å²) in [5, 5.41) is 2.53. The summed E-state index contributed by atoms with van der Waals surface area (Å²) in [6.45, 7) is 0.464. The first-order valence-corrected chi connectivity index (χ1v) is 9.96. The molecule has 0 atom stereocenters. The summed E-state index contributed by atoms with van der Waals surface area (Å²) in [7, 11) is 0. The minimum atomic E-state index is -0.258. The Balaban J connectivity index is 1.72. The average molecular weight is 382 g/mol. The van der Waals surface area contributed by atoms with Gasteiger partial charge < -0.3 is 0 Å². The first-order valence-electron chi connectivity index (χ1n) is 8.10. The van der Waals surface area contributed by atoms with Crippen molar-refractivity contribution in [2.24, 2.45) is 0 Å². The van der Waals surface area contributed by atoms with Crippen LogP contribution < -0.4 is 5.56 Å². The van der Waals surface area contributed by atoms with Gasteiger partial charge in [-0.15, -0.1) is 11.3 Å². The summed E-state index contributed by atoms with van der Waals surface area (Å²) in [5.41, 5.74) is 2.59. The number of aromatic nitrogens is 2. The number of thiophene rings is 1. The molecule has 2 heterocycles. The van der Waals surface area contributed by atoms with Crippen molar-refractivity contribution < 1.29 is 4.39 Å². The van der Waals surface area contributed by atoms with Crippen LogP contribution in [0.3, 0.4) is 0 Å². The van der Waals surface area contributed by atoms with Crippen LogP contribution >= 0.6 is 23.1 Å². The van der Waals surface area contributed by atoms with E-state index in [1.807, 2.05) is 47.8 Å². The number of halogens is 1. The van der Waals surface area contributed by atoms with Gasteiger partial charge in [0.25, 0.3) is 5.56 Å². The van der Waals surface area contributed by atoms with Gasteiger partial charge in [-0.05, 0) is 34.7 Å². The summed E-state index contributed by atoms with van der Waals surface area (Å²) in [6.07, 6.45) is 0. The first-order chi connectivity index (χ1) is 12.7. The van der Waals surface area contributed by atoms with Gasteiger partial charge in [0.2, 0.25) is 0 Å². The molecule has 0 unspecified atom stereocenters. The van der Waals surface area contributed by atoms with Crippen molar-refractivity contribution in [2.45, 2.75) is 17.5 Å². The Kier molecular flexibility index (Phi) is 4.86. The second-order valence-electron chi connectivity index (χ2n) is 5.82. The lowest BCUT2D eigenvalue weighted by Gasteiger charge is -2.12. The van der Waals surface area contributed by atoms with Crippen LogP contribution in [0.2, 0.25) is 0 Å². The van der Waals surface area contributed by atoms with Gasteiger partial charge >= 0.3 is 0 Å². The van der Waals surface area contributed by atoms with Crippen molar-refractivity contribution in [1.82, 2.24) is 9.55 Å². The highest BCUT2D eigenvalue weighted by Gasteiger charge is 2.13. The molecule has 3 nitrogen and oxygen atoms in total. The molecule has 130 valence electrons. The largest absolute Gasteiger partial charge is 0.282 e. The first kappa shape index (κ1) is 17.0. The Morgan fingerprint density at radius 3 is 2.65 bits per heavy atom. The fourth-order valence-electron chi connectivity index (χ4n) is 2.71. The second-order valence-corrected chi connectivity index (χ2v) is 7.68. The predicted molar refractivity (Wildman–Crippen MR) is 105 cm³/mol. The molecule has 0 aliphatic rings.